The van der Waals surface area contributed by atoms with Crippen LogP contribution in [0.25, 0.3) is 6.08 Å². The number of nitriles is 1. The third kappa shape index (κ3) is 11.3. The lowest BCUT2D eigenvalue weighted by atomic mass is 9.87. The minimum Gasteiger partial charge on any atom is -0.348 e. The van der Waals surface area contributed by atoms with Crippen molar-refractivity contribution in [3.8, 4) is 6.07 Å². The second-order valence-electron chi connectivity index (χ2n) is 16.1. The fraction of sp³-hybridized carbons (Fsp3) is 0.707. The van der Waals surface area contributed by atoms with Gasteiger partial charge in [-0.25, -0.2) is 4.98 Å². The molecule has 0 aromatic carbocycles. The van der Waals surface area contributed by atoms with Crippen molar-refractivity contribution in [2.24, 2.45) is 17.3 Å². The Morgan fingerprint density at radius 3 is 1.82 bits per heavy atom. The molecular formula is C41H65N5O4S. The lowest BCUT2D eigenvalue weighted by Gasteiger charge is -2.37. The van der Waals surface area contributed by atoms with Gasteiger partial charge in [-0.05, 0) is 49.2 Å². The zero-order chi connectivity index (χ0) is 38.7. The largest absolute Gasteiger partial charge is 0.348 e. The molecule has 1 aliphatic rings. The molecule has 2 unspecified atom stereocenters. The predicted molar refractivity (Wildman–Crippen MR) is 209 cm³/mol. The van der Waals surface area contributed by atoms with Crippen molar-refractivity contribution in [3.05, 3.63) is 27.3 Å². The van der Waals surface area contributed by atoms with Crippen LogP contribution in [0.4, 0.5) is 5.13 Å². The first kappa shape index (κ1) is 43.8. The Kier molecular flexibility index (Phi) is 16.8. The summed E-state index contributed by atoms with van der Waals surface area (Å²) in [6.45, 7) is 25.1. The zero-order valence-electron chi connectivity index (χ0n) is 33.7. The van der Waals surface area contributed by atoms with E-state index in [9.17, 15) is 24.4 Å². The highest BCUT2D eigenvalue weighted by molar-refractivity contribution is 7.16. The summed E-state index contributed by atoms with van der Waals surface area (Å²) >= 11 is 1.53. The van der Waals surface area contributed by atoms with Crippen molar-refractivity contribution in [1.82, 2.24) is 15.0 Å². The van der Waals surface area contributed by atoms with Gasteiger partial charge in [0.1, 0.15) is 11.6 Å². The number of hydrogen-bond acceptors (Lipinski definition) is 8. The van der Waals surface area contributed by atoms with Crippen LogP contribution in [-0.4, -0.2) is 51.7 Å². The Morgan fingerprint density at radius 2 is 1.41 bits per heavy atom. The van der Waals surface area contributed by atoms with E-state index in [1.807, 2.05) is 13.0 Å². The summed E-state index contributed by atoms with van der Waals surface area (Å²) in [6, 6.07) is 2.03. The van der Waals surface area contributed by atoms with E-state index in [2.05, 4.69) is 53.4 Å². The van der Waals surface area contributed by atoms with E-state index in [1.54, 1.807) is 26.8 Å². The van der Waals surface area contributed by atoms with E-state index in [0.717, 1.165) is 80.7 Å². The molecule has 1 aromatic heterocycles. The summed E-state index contributed by atoms with van der Waals surface area (Å²) in [7, 11) is 0. The molecule has 9 nitrogen and oxygen atoms in total. The number of anilines is 1. The first-order valence-corrected chi connectivity index (χ1v) is 20.1. The van der Waals surface area contributed by atoms with E-state index < -0.39 is 34.5 Å². The van der Waals surface area contributed by atoms with E-state index in [1.165, 1.54) is 24.2 Å². The van der Waals surface area contributed by atoms with Gasteiger partial charge in [0.05, 0.1) is 10.6 Å². The molecule has 1 aromatic rings. The molecule has 284 valence electrons. The van der Waals surface area contributed by atoms with Gasteiger partial charge in [0.25, 0.3) is 17.7 Å². The van der Waals surface area contributed by atoms with Gasteiger partial charge in [-0.15, -0.1) is 0 Å². The molecule has 2 heterocycles. The Hall–Kier alpha value is -3.32. The predicted octanol–water partition coefficient (Wildman–Crippen LogP) is 9.78. The highest BCUT2D eigenvalue weighted by Crippen LogP contribution is 2.40. The first-order chi connectivity index (χ1) is 23.9. The third-order valence-corrected chi connectivity index (χ3v) is 10.7. The molecular weight excluding hydrogens is 659 g/mol. The Balaban J connectivity index is 2.93. The summed E-state index contributed by atoms with van der Waals surface area (Å²) in [5.74, 6) is -2.19. The fourth-order valence-corrected chi connectivity index (χ4v) is 7.60. The first-order valence-electron chi connectivity index (χ1n) is 19.3. The molecule has 4 amide bonds. The second kappa shape index (κ2) is 19.5. The molecule has 0 N–H and O–H groups in total. The van der Waals surface area contributed by atoms with Crippen molar-refractivity contribution in [1.29, 1.82) is 5.26 Å². The van der Waals surface area contributed by atoms with Crippen LogP contribution in [0.2, 0.25) is 0 Å². The topological polar surface area (TPSA) is 115 Å². The number of rotatable bonds is 18. The summed E-state index contributed by atoms with van der Waals surface area (Å²) < 4.78 is 0. The summed E-state index contributed by atoms with van der Waals surface area (Å²) in [5.41, 5.74) is -0.386. The number of amides is 4. The summed E-state index contributed by atoms with van der Waals surface area (Å²) in [4.78, 5) is 63.5. The number of unbranched alkanes of at least 4 members (excludes halogenated alkanes) is 3. The zero-order valence-corrected chi connectivity index (χ0v) is 34.5. The molecule has 0 spiro atoms. The van der Waals surface area contributed by atoms with Crippen molar-refractivity contribution in [2.45, 2.75) is 159 Å². The SMILES string of the molecule is CCCCC1=C(C#N)C(=O)N(N(C(C)=O)C(=O)C(C)(C)C)C(=O)/C1=C\c1sc(N(CC(CC)CCCC)CC(CC)CCCC)nc1C(C)(C)C. The maximum atomic E-state index is 14.5. The lowest BCUT2D eigenvalue weighted by Crippen LogP contribution is -2.59. The number of hydrazine groups is 1. The van der Waals surface area contributed by atoms with Gasteiger partial charge >= 0.3 is 0 Å². The minimum atomic E-state index is -1.08. The number of nitrogens with zero attached hydrogens (tertiary/aromatic N) is 5. The van der Waals surface area contributed by atoms with Crippen LogP contribution in [0.5, 0.6) is 0 Å². The maximum Gasteiger partial charge on any atom is 0.291 e. The average Bonchev–Trinajstić information content (AvgIpc) is 3.50. The molecule has 0 aliphatic carbocycles. The van der Waals surface area contributed by atoms with Crippen LogP contribution in [0.15, 0.2) is 16.7 Å². The number of thiazole rings is 1. The van der Waals surface area contributed by atoms with Crippen molar-refractivity contribution in [2.75, 3.05) is 18.0 Å². The number of imide groups is 2. The smallest absolute Gasteiger partial charge is 0.291 e. The monoisotopic (exact) mass is 723 g/mol. The molecule has 51 heavy (non-hydrogen) atoms. The Labute approximate surface area is 312 Å². The van der Waals surface area contributed by atoms with Crippen LogP contribution >= 0.6 is 11.3 Å². The van der Waals surface area contributed by atoms with Crippen molar-refractivity contribution < 1.29 is 19.2 Å². The summed E-state index contributed by atoms with van der Waals surface area (Å²) in [6.07, 6.45) is 12.7. The molecule has 0 radical (unpaired) electrons. The van der Waals surface area contributed by atoms with E-state index in [-0.39, 0.29) is 11.1 Å². The lowest BCUT2D eigenvalue weighted by molar-refractivity contribution is -0.180. The quantitative estimate of drug-likeness (QED) is 0.109. The highest BCUT2D eigenvalue weighted by atomic mass is 32.1. The van der Waals surface area contributed by atoms with Crippen LogP contribution in [-0.2, 0) is 24.6 Å². The second-order valence-corrected chi connectivity index (χ2v) is 17.1. The van der Waals surface area contributed by atoms with Crippen LogP contribution in [0, 0.1) is 28.6 Å². The van der Waals surface area contributed by atoms with Crippen LogP contribution in [0.3, 0.4) is 0 Å². The molecule has 2 rings (SSSR count). The fourth-order valence-electron chi connectivity index (χ4n) is 6.37. The molecule has 0 saturated carbocycles. The van der Waals surface area contributed by atoms with Crippen molar-refractivity contribution >= 4 is 46.2 Å². The minimum absolute atomic E-state index is 0.142. The number of hydrogen-bond donors (Lipinski definition) is 0. The Bertz CT molecular complexity index is 1470. The van der Waals surface area contributed by atoms with Gasteiger partial charge in [0.15, 0.2) is 5.13 Å². The third-order valence-electron chi connectivity index (χ3n) is 9.62. The van der Waals surface area contributed by atoms with Crippen LogP contribution in [0.1, 0.15) is 164 Å². The van der Waals surface area contributed by atoms with E-state index in [0.29, 0.717) is 40.3 Å². The average molecular weight is 724 g/mol. The van der Waals surface area contributed by atoms with Crippen LogP contribution < -0.4 is 4.90 Å². The molecule has 2 atom stereocenters. The highest BCUT2D eigenvalue weighted by Gasteiger charge is 2.46. The number of carbonyl (C=O) groups excluding carboxylic acids is 4. The summed E-state index contributed by atoms with van der Waals surface area (Å²) in [5, 5.41) is 12.4. The van der Waals surface area contributed by atoms with Gasteiger partial charge in [-0.3, -0.25) is 19.2 Å². The molecule has 10 heteroatoms. The number of carbonyl (C=O) groups is 4. The molecule has 0 bridgehead atoms. The Morgan fingerprint density at radius 1 is 0.882 bits per heavy atom. The normalized spacial score (nSPS) is 16.1. The van der Waals surface area contributed by atoms with Gasteiger partial charge in [0, 0.05) is 36.4 Å². The molecule has 0 saturated heterocycles. The maximum absolute atomic E-state index is 14.5. The molecule has 1 aliphatic heterocycles. The van der Waals surface area contributed by atoms with E-state index >= 15 is 0 Å². The van der Waals surface area contributed by atoms with Gasteiger partial charge < -0.3 is 4.90 Å². The van der Waals surface area contributed by atoms with E-state index in [4.69, 9.17) is 4.98 Å². The van der Waals surface area contributed by atoms with Gasteiger partial charge in [0.2, 0.25) is 5.91 Å². The van der Waals surface area contributed by atoms with Gasteiger partial charge in [-0.1, -0.05) is 132 Å². The molecule has 0 fully saturated rings. The van der Waals surface area contributed by atoms with Gasteiger partial charge in [-0.2, -0.15) is 15.3 Å². The standard InChI is InChI=1S/C41H65N5O4S/c1-13-18-21-29(16-4)26-44(27-30(17-5)22-19-14-2)39-43-35(40(7,8)9)34(51-39)24-32-31(23-20-15-3)33(25-42)37(49)46(36(32)48)45(28(6)47)38(50)41(10,11)12/h24,29-30H,13-23,26-27H2,1-12H3/b32-24-. The van der Waals surface area contributed by atoms with Crippen molar-refractivity contribution in [3.63, 3.8) is 0 Å². The number of aromatic nitrogens is 1.